The monoisotopic (exact) mass is 267 g/mol. The molecule has 0 aliphatic carbocycles. The highest BCUT2D eigenvalue weighted by Gasteiger charge is 2.06. The molecule has 0 aliphatic rings. The first-order valence-electron chi connectivity index (χ1n) is 4.49. The maximum Gasteiger partial charge on any atom is 0.188 e. The van der Waals surface area contributed by atoms with Crippen LogP contribution in [0.1, 0.15) is 5.82 Å². The first-order valence-corrected chi connectivity index (χ1v) is 5.29. The smallest absolute Gasteiger partial charge is 0.188 e. The Kier molecular flexibility index (Phi) is 3.08. The highest BCUT2D eigenvalue weighted by molar-refractivity contribution is 9.10. The topological polar surface area (TPSA) is 55.6 Å². The van der Waals surface area contributed by atoms with Gasteiger partial charge in [0.1, 0.15) is 5.69 Å². The standard InChI is InChI=1S/C9H10BrN5/c1-11-6-9-12-14-15(13-9)8-5-3-2-4-7(8)10/h2-5,11H,6H2,1H3. The molecular formula is C9H10BrN5. The van der Waals surface area contributed by atoms with E-state index in [1.54, 1.807) is 0 Å². The second kappa shape index (κ2) is 4.50. The first-order chi connectivity index (χ1) is 7.31. The van der Waals surface area contributed by atoms with Crippen LogP contribution in [0.15, 0.2) is 28.7 Å². The third-order valence-electron chi connectivity index (χ3n) is 1.86. The molecule has 2 rings (SSSR count). The summed E-state index contributed by atoms with van der Waals surface area (Å²) in [4.78, 5) is 1.51. The van der Waals surface area contributed by atoms with Crippen LogP contribution in [-0.2, 0) is 6.54 Å². The van der Waals surface area contributed by atoms with Crippen molar-refractivity contribution in [3.8, 4) is 5.69 Å². The van der Waals surface area contributed by atoms with Gasteiger partial charge in [0, 0.05) is 4.47 Å². The number of halogens is 1. The van der Waals surface area contributed by atoms with Gasteiger partial charge < -0.3 is 5.32 Å². The molecular weight excluding hydrogens is 258 g/mol. The highest BCUT2D eigenvalue weighted by Crippen LogP contribution is 2.18. The van der Waals surface area contributed by atoms with Crippen LogP contribution in [0.4, 0.5) is 0 Å². The molecule has 15 heavy (non-hydrogen) atoms. The number of hydrogen-bond donors (Lipinski definition) is 1. The minimum atomic E-state index is 0.616. The van der Waals surface area contributed by atoms with Crippen molar-refractivity contribution in [2.45, 2.75) is 6.54 Å². The molecule has 0 amide bonds. The van der Waals surface area contributed by atoms with Gasteiger partial charge in [-0.1, -0.05) is 12.1 Å². The number of para-hydroxylation sites is 1. The third-order valence-corrected chi connectivity index (χ3v) is 2.53. The van der Waals surface area contributed by atoms with Gasteiger partial charge in [-0.2, -0.15) is 0 Å². The Morgan fingerprint density at radius 3 is 2.93 bits per heavy atom. The predicted octanol–water partition coefficient (Wildman–Crippen LogP) is 1.14. The van der Waals surface area contributed by atoms with E-state index < -0.39 is 0 Å². The molecule has 5 nitrogen and oxygen atoms in total. The SMILES string of the molecule is CNCc1nnn(-c2ccccc2Br)n1. The molecule has 1 aromatic heterocycles. The van der Waals surface area contributed by atoms with Gasteiger partial charge in [-0.3, -0.25) is 0 Å². The van der Waals surface area contributed by atoms with Gasteiger partial charge in [0.15, 0.2) is 5.82 Å². The van der Waals surface area contributed by atoms with E-state index >= 15 is 0 Å². The summed E-state index contributed by atoms with van der Waals surface area (Å²) < 4.78 is 0.943. The van der Waals surface area contributed by atoms with Crippen molar-refractivity contribution in [1.29, 1.82) is 0 Å². The minimum Gasteiger partial charge on any atom is -0.313 e. The Bertz CT molecular complexity index is 453. The maximum atomic E-state index is 4.23. The molecule has 0 unspecified atom stereocenters. The van der Waals surface area contributed by atoms with Gasteiger partial charge in [0.2, 0.25) is 0 Å². The summed E-state index contributed by atoms with van der Waals surface area (Å²) in [6.45, 7) is 0.616. The summed E-state index contributed by atoms with van der Waals surface area (Å²) in [5.41, 5.74) is 0.882. The maximum absolute atomic E-state index is 4.23. The molecule has 0 aliphatic heterocycles. The quantitative estimate of drug-likeness (QED) is 0.907. The van der Waals surface area contributed by atoms with Crippen LogP contribution in [0.3, 0.4) is 0 Å². The van der Waals surface area contributed by atoms with Crippen LogP contribution < -0.4 is 5.32 Å². The lowest BCUT2D eigenvalue weighted by atomic mass is 10.3. The predicted molar refractivity (Wildman–Crippen MR) is 59.6 cm³/mol. The average molecular weight is 268 g/mol. The normalized spacial score (nSPS) is 10.5. The number of benzene rings is 1. The second-order valence-electron chi connectivity index (χ2n) is 2.98. The van der Waals surface area contributed by atoms with E-state index in [0.717, 1.165) is 10.2 Å². The minimum absolute atomic E-state index is 0.616. The largest absolute Gasteiger partial charge is 0.313 e. The van der Waals surface area contributed by atoms with Crippen LogP contribution in [0.2, 0.25) is 0 Å². The summed E-state index contributed by atoms with van der Waals surface area (Å²) in [6.07, 6.45) is 0. The van der Waals surface area contributed by atoms with Gasteiger partial charge >= 0.3 is 0 Å². The van der Waals surface area contributed by atoms with Gasteiger partial charge in [-0.05, 0) is 40.3 Å². The van der Waals surface area contributed by atoms with Crippen molar-refractivity contribution < 1.29 is 0 Å². The van der Waals surface area contributed by atoms with E-state index in [9.17, 15) is 0 Å². The zero-order valence-corrected chi connectivity index (χ0v) is 9.77. The number of nitrogens with one attached hydrogen (secondary N) is 1. The molecule has 0 atom stereocenters. The van der Waals surface area contributed by atoms with E-state index in [0.29, 0.717) is 12.4 Å². The Morgan fingerprint density at radius 1 is 1.40 bits per heavy atom. The Labute approximate surface area is 95.6 Å². The fraction of sp³-hybridized carbons (Fsp3) is 0.222. The van der Waals surface area contributed by atoms with Crippen molar-refractivity contribution >= 4 is 15.9 Å². The van der Waals surface area contributed by atoms with Crippen molar-refractivity contribution in [3.63, 3.8) is 0 Å². The van der Waals surface area contributed by atoms with Crippen LogP contribution in [0.5, 0.6) is 0 Å². The second-order valence-corrected chi connectivity index (χ2v) is 3.83. The molecule has 2 aromatic rings. The van der Waals surface area contributed by atoms with E-state index in [1.807, 2.05) is 31.3 Å². The van der Waals surface area contributed by atoms with E-state index in [1.165, 1.54) is 4.80 Å². The van der Waals surface area contributed by atoms with Crippen molar-refractivity contribution in [2.24, 2.45) is 0 Å². The van der Waals surface area contributed by atoms with Crippen LogP contribution in [0.25, 0.3) is 5.69 Å². The Morgan fingerprint density at radius 2 is 2.20 bits per heavy atom. The Balaban J connectivity index is 2.33. The van der Waals surface area contributed by atoms with Crippen molar-refractivity contribution in [1.82, 2.24) is 25.5 Å². The molecule has 0 saturated heterocycles. The van der Waals surface area contributed by atoms with Crippen molar-refractivity contribution in [2.75, 3.05) is 7.05 Å². The van der Waals surface area contributed by atoms with Gasteiger partial charge in [0.05, 0.1) is 6.54 Å². The molecule has 0 spiro atoms. The zero-order chi connectivity index (χ0) is 10.7. The molecule has 78 valence electrons. The molecule has 1 heterocycles. The number of nitrogens with zero attached hydrogens (tertiary/aromatic N) is 4. The fourth-order valence-electron chi connectivity index (χ4n) is 1.19. The van der Waals surface area contributed by atoms with E-state index in [-0.39, 0.29) is 0 Å². The number of aromatic nitrogens is 4. The Hall–Kier alpha value is -1.27. The third kappa shape index (κ3) is 2.21. The highest BCUT2D eigenvalue weighted by atomic mass is 79.9. The van der Waals surface area contributed by atoms with Crippen LogP contribution >= 0.6 is 15.9 Å². The van der Waals surface area contributed by atoms with Crippen molar-refractivity contribution in [3.05, 3.63) is 34.6 Å². The summed E-state index contributed by atoms with van der Waals surface area (Å²) in [5.74, 6) is 0.674. The molecule has 6 heteroatoms. The molecule has 0 bridgehead atoms. The van der Waals surface area contributed by atoms with Gasteiger partial charge in [0.25, 0.3) is 0 Å². The molecule has 0 radical (unpaired) electrons. The summed E-state index contributed by atoms with van der Waals surface area (Å²) in [5, 5.41) is 15.1. The average Bonchev–Trinajstić information content (AvgIpc) is 2.68. The van der Waals surface area contributed by atoms with Crippen LogP contribution in [-0.4, -0.2) is 27.3 Å². The number of hydrogen-bond acceptors (Lipinski definition) is 4. The fourth-order valence-corrected chi connectivity index (χ4v) is 1.63. The molecule has 1 aromatic carbocycles. The van der Waals surface area contributed by atoms with E-state index in [4.69, 9.17) is 0 Å². The zero-order valence-electron chi connectivity index (χ0n) is 8.18. The molecule has 0 fully saturated rings. The van der Waals surface area contributed by atoms with Crippen LogP contribution in [0, 0.1) is 0 Å². The van der Waals surface area contributed by atoms with Gasteiger partial charge in [-0.25, -0.2) is 0 Å². The summed E-state index contributed by atoms with van der Waals surface area (Å²) in [6, 6.07) is 7.74. The summed E-state index contributed by atoms with van der Waals surface area (Å²) >= 11 is 3.44. The molecule has 0 saturated carbocycles. The lowest BCUT2D eigenvalue weighted by molar-refractivity contribution is 0.709. The first kappa shape index (κ1) is 10.3. The number of tetrazole rings is 1. The van der Waals surface area contributed by atoms with E-state index in [2.05, 4.69) is 36.7 Å². The number of rotatable bonds is 3. The lowest BCUT2D eigenvalue weighted by Crippen LogP contribution is -2.07. The lowest BCUT2D eigenvalue weighted by Gasteiger charge is -1.99. The molecule has 1 N–H and O–H groups in total. The summed E-state index contributed by atoms with van der Waals surface area (Å²) in [7, 11) is 1.85. The van der Waals surface area contributed by atoms with Gasteiger partial charge in [-0.15, -0.1) is 15.0 Å².